The lowest BCUT2D eigenvalue weighted by molar-refractivity contribution is -0.132. The summed E-state index contributed by atoms with van der Waals surface area (Å²) in [6.07, 6.45) is 0.711. The molecule has 1 atom stereocenters. The zero-order valence-electron chi connectivity index (χ0n) is 21.9. The third kappa shape index (κ3) is 4.56. The van der Waals surface area contributed by atoms with Crippen molar-refractivity contribution in [2.45, 2.75) is 45.6 Å². The van der Waals surface area contributed by atoms with E-state index in [1.807, 2.05) is 30.3 Å². The summed E-state index contributed by atoms with van der Waals surface area (Å²) in [6.45, 7) is 8.32. The predicted octanol–water partition coefficient (Wildman–Crippen LogP) is 5.50. The molecule has 0 radical (unpaired) electrons. The molecule has 1 unspecified atom stereocenters. The summed E-state index contributed by atoms with van der Waals surface area (Å²) in [4.78, 5) is 39.8. The lowest BCUT2D eigenvalue weighted by Crippen LogP contribution is -2.29. The van der Waals surface area contributed by atoms with Gasteiger partial charge < -0.3 is 15.2 Å². The number of rotatable bonds is 4. The molecule has 2 aliphatic rings. The Labute approximate surface area is 221 Å². The summed E-state index contributed by atoms with van der Waals surface area (Å²) in [6, 6.07) is 19.0. The van der Waals surface area contributed by atoms with Gasteiger partial charge in [-0.15, -0.1) is 0 Å². The highest BCUT2D eigenvalue weighted by Crippen LogP contribution is 2.43. The van der Waals surface area contributed by atoms with Crippen molar-refractivity contribution >= 4 is 34.7 Å². The van der Waals surface area contributed by atoms with Crippen LogP contribution in [0, 0.1) is 0 Å². The number of carbonyl (C=O) groups excluding carboxylic acids is 3. The van der Waals surface area contributed by atoms with Crippen molar-refractivity contribution in [1.29, 1.82) is 0 Å². The van der Waals surface area contributed by atoms with E-state index >= 15 is 0 Å². The summed E-state index contributed by atoms with van der Waals surface area (Å²) >= 11 is 0. The van der Waals surface area contributed by atoms with Crippen LogP contribution in [0.25, 0.3) is 5.76 Å². The maximum absolute atomic E-state index is 13.5. The highest BCUT2D eigenvalue weighted by atomic mass is 16.5. The number of anilines is 2. The maximum Gasteiger partial charge on any atom is 0.300 e. The van der Waals surface area contributed by atoms with Crippen LogP contribution in [0.5, 0.6) is 5.75 Å². The topological polar surface area (TPSA) is 95.9 Å². The molecule has 3 aromatic rings. The molecule has 0 spiro atoms. The van der Waals surface area contributed by atoms with Crippen LogP contribution < -0.4 is 15.0 Å². The van der Waals surface area contributed by atoms with Crippen LogP contribution in [-0.2, 0) is 26.2 Å². The largest absolute Gasteiger partial charge is 0.507 e. The normalized spacial score (nSPS) is 18.3. The van der Waals surface area contributed by atoms with Gasteiger partial charge >= 0.3 is 0 Å². The zero-order valence-corrected chi connectivity index (χ0v) is 21.9. The molecule has 38 heavy (non-hydrogen) atoms. The Morgan fingerprint density at radius 2 is 1.68 bits per heavy atom. The Hall–Kier alpha value is -4.39. The number of ketones is 1. The fourth-order valence-electron chi connectivity index (χ4n) is 4.98. The van der Waals surface area contributed by atoms with E-state index in [1.165, 1.54) is 11.8 Å². The molecule has 194 valence electrons. The Kier molecular flexibility index (Phi) is 6.31. The third-order valence-electron chi connectivity index (χ3n) is 6.97. The van der Waals surface area contributed by atoms with E-state index in [0.717, 1.165) is 16.9 Å². The minimum atomic E-state index is -0.833. The molecule has 7 nitrogen and oxygen atoms in total. The third-order valence-corrected chi connectivity index (χ3v) is 6.97. The summed E-state index contributed by atoms with van der Waals surface area (Å²) < 4.78 is 5.58. The van der Waals surface area contributed by atoms with Crippen molar-refractivity contribution in [3.8, 4) is 5.75 Å². The first-order chi connectivity index (χ1) is 18.0. The number of Topliss-reactive ketones (excluding diaryl/α,β-unsaturated/α-hetero) is 1. The smallest absolute Gasteiger partial charge is 0.300 e. The molecule has 2 aliphatic heterocycles. The second kappa shape index (κ2) is 9.49. The highest BCUT2D eigenvalue weighted by Gasteiger charge is 2.47. The van der Waals surface area contributed by atoms with Crippen molar-refractivity contribution in [3.05, 3.63) is 94.6 Å². The van der Waals surface area contributed by atoms with Crippen LogP contribution in [0.15, 0.2) is 72.3 Å². The number of ether oxygens (including phenoxy) is 1. The van der Waals surface area contributed by atoms with E-state index < -0.39 is 17.7 Å². The molecular weight excluding hydrogens is 480 g/mol. The van der Waals surface area contributed by atoms with Gasteiger partial charge in [-0.2, -0.15) is 0 Å². The van der Waals surface area contributed by atoms with Crippen LogP contribution in [-0.4, -0.2) is 29.3 Å². The van der Waals surface area contributed by atoms with Crippen molar-refractivity contribution < 1.29 is 24.2 Å². The number of amides is 2. The second-order valence-corrected chi connectivity index (χ2v) is 10.7. The molecule has 7 heteroatoms. The van der Waals surface area contributed by atoms with E-state index in [-0.39, 0.29) is 22.7 Å². The van der Waals surface area contributed by atoms with Gasteiger partial charge in [0.1, 0.15) is 11.5 Å². The maximum atomic E-state index is 13.5. The van der Waals surface area contributed by atoms with Gasteiger partial charge in [-0.25, -0.2) is 0 Å². The number of nitrogens with one attached hydrogen (secondary N) is 1. The number of aliphatic hydroxyl groups is 1. The number of aliphatic hydroxyl groups excluding tert-OH is 1. The first-order valence-corrected chi connectivity index (χ1v) is 12.6. The molecule has 0 aliphatic carbocycles. The van der Waals surface area contributed by atoms with E-state index in [2.05, 4.69) is 26.1 Å². The molecule has 5 rings (SSSR count). The Morgan fingerprint density at radius 1 is 1.00 bits per heavy atom. The number of nitrogens with zero attached hydrogens (tertiary/aromatic N) is 1. The Morgan fingerprint density at radius 3 is 2.32 bits per heavy atom. The molecule has 2 heterocycles. The molecule has 3 aromatic carbocycles. The van der Waals surface area contributed by atoms with Gasteiger partial charge in [0, 0.05) is 30.3 Å². The number of fused-ring (bicyclic) bond motifs is 1. The van der Waals surface area contributed by atoms with Gasteiger partial charge in [0.05, 0.1) is 18.2 Å². The molecular formula is C31H30N2O5. The van der Waals surface area contributed by atoms with Gasteiger partial charge in [0.15, 0.2) is 0 Å². The predicted molar refractivity (Wildman–Crippen MR) is 146 cm³/mol. The van der Waals surface area contributed by atoms with Crippen molar-refractivity contribution in [3.63, 3.8) is 0 Å². The quantitative estimate of drug-likeness (QED) is 0.274. The van der Waals surface area contributed by atoms with Crippen LogP contribution in [0.1, 0.15) is 56.0 Å². The molecule has 0 aromatic heterocycles. The van der Waals surface area contributed by atoms with Gasteiger partial charge in [-0.3, -0.25) is 19.3 Å². The first kappa shape index (κ1) is 25.3. The standard InChI is InChI=1S/C31H30N2O5/c1-18(34)32-23-10-12-24(13-11-23)33-27(19-5-8-22(9-6-19)31(2,3)4)26(29(36)30(33)37)28(35)21-7-14-25-20(17-21)15-16-38-25/h5-14,17,27,35H,15-16H2,1-4H3,(H,32,34)/b28-26-. The molecule has 2 N–H and O–H groups in total. The number of benzene rings is 3. The fourth-order valence-corrected chi connectivity index (χ4v) is 4.98. The van der Waals surface area contributed by atoms with Crippen LogP contribution in [0.3, 0.4) is 0 Å². The number of hydrogen-bond acceptors (Lipinski definition) is 5. The lowest BCUT2D eigenvalue weighted by atomic mass is 9.85. The molecule has 2 amide bonds. The Bertz CT molecular complexity index is 1460. The molecule has 1 fully saturated rings. The van der Waals surface area contributed by atoms with Crippen LogP contribution in [0.4, 0.5) is 11.4 Å². The molecule has 0 bridgehead atoms. The van der Waals surface area contributed by atoms with Gasteiger partial charge in [-0.05, 0) is 64.6 Å². The van der Waals surface area contributed by atoms with Crippen molar-refractivity contribution in [2.75, 3.05) is 16.8 Å². The van der Waals surface area contributed by atoms with Crippen LogP contribution in [0.2, 0.25) is 0 Å². The van der Waals surface area contributed by atoms with Gasteiger partial charge in [0.25, 0.3) is 11.7 Å². The highest BCUT2D eigenvalue weighted by molar-refractivity contribution is 6.51. The van der Waals surface area contributed by atoms with Gasteiger partial charge in [0.2, 0.25) is 5.91 Å². The summed E-state index contributed by atoms with van der Waals surface area (Å²) in [7, 11) is 0. The van der Waals surface area contributed by atoms with E-state index in [0.29, 0.717) is 35.5 Å². The summed E-state index contributed by atoms with van der Waals surface area (Å²) in [5.41, 5.74) is 4.23. The number of carbonyl (C=O) groups is 3. The van der Waals surface area contributed by atoms with E-state index in [9.17, 15) is 19.5 Å². The zero-order chi connectivity index (χ0) is 27.2. The SMILES string of the molecule is CC(=O)Nc1ccc(N2C(=O)C(=O)/C(=C(\O)c3ccc4c(c3)CCO4)C2c2ccc(C(C)(C)C)cc2)cc1. The molecule has 1 saturated heterocycles. The second-order valence-electron chi connectivity index (χ2n) is 10.7. The van der Waals surface area contributed by atoms with Crippen LogP contribution >= 0.6 is 0 Å². The monoisotopic (exact) mass is 510 g/mol. The summed E-state index contributed by atoms with van der Waals surface area (Å²) in [5.74, 6) is -1.16. The lowest BCUT2D eigenvalue weighted by Gasteiger charge is -2.27. The number of hydrogen-bond donors (Lipinski definition) is 2. The van der Waals surface area contributed by atoms with Crippen molar-refractivity contribution in [1.82, 2.24) is 0 Å². The fraction of sp³-hybridized carbons (Fsp3) is 0.258. The van der Waals surface area contributed by atoms with E-state index in [1.54, 1.807) is 36.4 Å². The minimum absolute atomic E-state index is 0.0308. The average Bonchev–Trinajstić information content (AvgIpc) is 3.45. The summed E-state index contributed by atoms with van der Waals surface area (Å²) in [5, 5.41) is 14.2. The molecule has 0 saturated carbocycles. The van der Waals surface area contributed by atoms with Crippen molar-refractivity contribution in [2.24, 2.45) is 0 Å². The van der Waals surface area contributed by atoms with Gasteiger partial charge in [-0.1, -0.05) is 45.0 Å². The first-order valence-electron chi connectivity index (χ1n) is 12.6. The van der Waals surface area contributed by atoms with E-state index in [4.69, 9.17) is 4.74 Å². The average molecular weight is 511 g/mol. The Balaban J connectivity index is 1.65. The minimum Gasteiger partial charge on any atom is -0.507 e.